The number of nitrogens with zero attached hydrogens (tertiary/aromatic N) is 1. The molecule has 0 fully saturated rings. The molecule has 2 aromatic carbocycles. The predicted molar refractivity (Wildman–Crippen MR) is 127 cm³/mol. The molecule has 0 radical (unpaired) electrons. The highest BCUT2D eigenvalue weighted by Gasteiger charge is 2.25. The van der Waals surface area contributed by atoms with E-state index < -0.39 is 23.8 Å². The van der Waals surface area contributed by atoms with Crippen LogP contribution in [-0.4, -0.2) is 34.7 Å². The number of fused-ring (bicyclic) bond motifs is 1. The quantitative estimate of drug-likeness (QED) is 0.468. The number of hydrogen-bond donors (Lipinski definition) is 3. The largest absolute Gasteiger partial charge is 0.390 e. The summed E-state index contributed by atoms with van der Waals surface area (Å²) in [5.74, 6) is -1.69. The summed E-state index contributed by atoms with van der Waals surface area (Å²) in [5.41, 5.74) is 5.07. The van der Waals surface area contributed by atoms with E-state index in [-0.39, 0.29) is 24.9 Å². The van der Waals surface area contributed by atoms with E-state index >= 15 is 0 Å². The molecule has 3 aromatic rings. The standard InChI is InChI=1S/C27H29F2N3O2/c1-17(33)32-26(13-18-11-22(28)15-23(29)12-18)27(34)16-31-25-4-2-3-20-5-6-21(14-24(20)25)19-7-9-30-10-8-19/h5-12,14-15,25-27,31,34H,2-4,13,16H2,1H3,(H,32,33)/t25-,26-,27+/m0/s1. The van der Waals surface area contributed by atoms with Crippen molar-refractivity contribution in [2.24, 2.45) is 0 Å². The van der Waals surface area contributed by atoms with Crippen LogP contribution in [-0.2, 0) is 17.6 Å². The van der Waals surface area contributed by atoms with Crippen molar-refractivity contribution < 1.29 is 18.7 Å². The van der Waals surface area contributed by atoms with E-state index in [1.165, 1.54) is 30.2 Å². The molecule has 4 rings (SSSR count). The molecule has 1 aromatic heterocycles. The first-order valence-electron chi connectivity index (χ1n) is 11.6. The number of carbonyl (C=O) groups excluding carboxylic acids is 1. The van der Waals surface area contributed by atoms with Crippen molar-refractivity contribution in [1.82, 2.24) is 15.6 Å². The van der Waals surface area contributed by atoms with E-state index in [2.05, 4.69) is 33.8 Å². The van der Waals surface area contributed by atoms with Gasteiger partial charge in [0, 0.05) is 38.0 Å². The minimum atomic E-state index is -0.941. The first kappa shape index (κ1) is 24.0. The molecule has 0 spiro atoms. The summed E-state index contributed by atoms with van der Waals surface area (Å²) in [6.45, 7) is 1.59. The molecule has 3 N–H and O–H groups in total. The lowest BCUT2D eigenvalue weighted by molar-refractivity contribution is -0.120. The molecule has 0 saturated heterocycles. The molecule has 178 valence electrons. The molecule has 0 aliphatic heterocycles. The van der Waals surface area contributed by atoms with Crippen LogP contribution in [0.15, 0.2) is 60.9 Å². The van der Waals surface area contributed by atoms with Gasteiger partial charge in [0.15, 0.2) is 0 Å². The van der Waals surface area contributed by atoms with Crippen molar-refractivity contribution in [2.75, 3.05) is 6.54 Å². The summed E-state index contributed by atoms with van der Waals surface area (Å²) in [4.78, 5) is 15.8. The van der Waals surface area contributed by atoms with Crippen LogP contribution >= 0.6 is 0 Å². The average Bonchev–Trinajstić information content (AvgIpc) is 2.81. The van der Waals surface area contributed by atoms with Crippen LogP contribution in [0.3, 0.4) is 0 Å². The third kappa shape index (κ3) is 6.04. The topological polar surface area (TPSA) is 74.2 Å². The fraction of sp³-hybridized carbons (Fsp3) is 0.333. The highest BCUT2D eigenvalue weighted by molar-refractivity contribution is 5.73. The van der Waals surface area contributed by atoms with Crippen molar-refractivity contribution in [3.63, 3.8) is 0 Å². The zero-order valence-corrected chi connectivity index (χ0v) is 19.1. The molecular formula is C27H29F2N3O2. The van der Waals surface area contributed by atoms with Gasteiger partial charge in [-0.2, -0.15) is 0 Å². The van der Waals surface area contributed by atoms with E-state index in [9.17, 15) is 18.7 Å². The van der Waals surface area contributed by atoms with Crippen molar-refractivity contribution in [2.45, 2.75) is 50.8 Å². The van der Waals surface area contributed by atoms with Gasteiger partial charge >= 0.3 is 0 Å². The number of carbonyl (C=O) groups is 1. The summed E-state index contributed by atoms with van der Waals surface area (Å²) in [7, 11) is 0. The monoisotopic (exact) mass is 465 g/mol. The summed E-state index contributed by atoms with van der Waals surface area (Å²) < 4.78 is 27.2. The van der Waals surface area contributed by atoms with Gasteiger partial charge in [-0.05, 0) is 83.8 Å². The first-order chi connectivity index (χ1) is 16.4. The number of halogens is 2. The number of aliphatic hydroxyl groups is 1. The van der Waals surface area contributed by atoms with Crippen LogP contribution in [0.25, 0.3) is 11.1 Å². The molecule has 1 aliphatic carbocycles. The van der Waals surface area contributed by atoms with Gasteiger partial charge in [0.2, 0.25) is 5.91 Å². The highest BCUT2D eigenvalue weighted by Crippen LogP contribution is 2.33. The van der Waals surface area contributed by atoms with Crippen LogP contribution in [0, 0.1) is 11.6 Å². The molecule has 5 nitrogen and oxygen atoms in total. The van der Waals surface area contributed by atoms with Crippen LogP contribution < -0.4 is 10.6 Å². The molecule has 34 heavy (non-hydrogen) atoms. The second kappa shape index (κ2) is 10.8. The Balaban J connectivity index is 1.48. The van der Waals surface area contributed by atoms with Gasteiger partial charge in [-0.1, -0.05) is 12.1 Å². The lowest BCUT2D eigenvalue weighted by Crippen LogP contribution is -2.48. The lowest BCUT2D eigenvalue weighted by Gasteiger charge is -2.30. The Hall–Kier alpha value is -3.16. The van der Waals surface area contributed by atoms with Crippen molar-refractivity contribution >= 4 is 5.91 Å². The number of nitrogens with one attached hydrogen (secondary N) is 2. The van der Waals surface area contributed by atoms with E-state index in [0.29, 0.717) is 5.56 Å². The zero-order valence-electron chi connectivity index (χ0n) is 19.1. The molecule has 7 heteroatoms. The number of rotatable bonds is 8. The predicted octanol–water partition coefficient (Wildman–Crippen LogP) is 4.10. The van der Waals surface area contributed by atoms with Crippen LogP contribution in [0.2, 0.25) is 0 Å². The fourth-order valence-electron chi connectivity index (χ4n) is 4.67. The number of aryl methyl sites for hydroxylation is 1. The second-order valence-corrected chi connectivity index (χ2v) is 8.86. The van der Waals surface area contributed by atoms with E-state index in [0.717, 1.165) is 36.5 Å². The number of amides is 1. The van der Waals surface area contributed by atoms with Crippen LogP contribution in [0.1, 0.15) is 42.5 Å². The van der Waals surface area contributed by atoms with Gasteiger partial charge < -0.3 is 15.7 Å². The molecular weight excluding hydrogens is 436 g/mol. The summed E-state index contributed by atoms with van der Waals surface area (Å²) in [6, 6.07) is 13.0. The van der Waals surface area contributed by atoms with Gasteiger partial charge in [0.25, 0.3) is 0 Å². The maximum Gasteiger partial charge on any atom is 0.217 e. The number of aromatic nitrogens is 1. The maximum absolute atomic E-state index is 13.6. The Kier molecular flexibility index (Phi) is 7.65. The maximum atomic E-state index is 13.6. The Morgan fingerprint density at radius 2 is 1.82 bits per heavy atom. The van der Waals surface area contributed by atoms with Crippen LogP contribution in [0.5, 0.6) is 0 Å². The molecule has 0 saturated carbocycles. The Bertz CT molecular complexity index is 1120. The van der Waals surface area contributed by atoms with Crippen molar-refractivity contribution in [3.8, 4) is 11.1 Å². The van der Waals surface area contributed by atoms with E-state index in [4.69, 9.17) is 0 Å². The lowest BCUT2D eigenvalue weighted by atomic mass is 9.85. The summed E-state index contributed by atoms with van der Waals surface area (Å²) in [6.07, 6.45) is 5.69. The fourth-order valence-corrected chi connectivity index (χ4v) is 4.67. The number of hydrogen-bond acceptors (Lipinski definition) is 4. The molecule has 0 bridgehead atoms. The number of aliphatic hydroxyl groups excluding tert-OH is 1. The zero-order chi connectivity index (χ0) is 24.1. The smallest absolute Gasteiger partial charge is 0.217 e. The third-order valence-electron chi connectivity index (χ3n) is 6.28. The molecule has 1 heterocycles. The minimum Gasteiger partial charge on any atom is -0.390 e. The SMILES string of the molecule is CC(=O)N[C@@H](Cc1cc(F)cc(F)c1)[C@H](O)CN[C@H]1CCCc2ccc(-c3ccncc3)cc21. The number of pyridine rings is 1. The Labute approximate surface area is 198 Å². The van der Waals surface area contributed by atoms with Gasteiger partial charge in [-0.25, -0.2) is 8.78 Å². The van der Waals surface area contributed by atoms with Crippen molar-refractivity contribution in [1.29, 1.82) is 0 Å². The Morgan fingerprint density at radius 1 is 1.09 bits per heavy atom. The van der Waals surface area contributed by atoms with E-state index in [1.54, 1.807) is 12.4 Å². The van der Waals surface area contributed by atoms with Crippen molar-refractivity contribution in [3.05, 3.63) is 89.2 Å². The second-order valence-electron chi connectivity index (χ2n) is 8.86. The molecule has 0 unspecified atom stereocenters. The molecule has 3 atom stereocenters. The van der Waals surface area contributed by atoms with E-state index in [1.807, 2.05) is 12.1 Å². The normalized spacial score (nSPS) is 17.0. The van der Waals surface area contributed by atoms with Gasteiger partial charge in [0.05, 0.1) is 12.1 Å². The van der Waals surface area contributed by atoms with Crippen LogP contribution in [0.4, 0.5) is 8.78 Å². The van der Waals surface area contributed by atoms with Gasteiger partial charge in [-0.15, -0.1) is 0 Å². The average molecular weight is 466 g/mol. The third-order valence-corrected chi connectivity index (χ3v) is 6.28. The number of benzene rings is 2. The Morgan fingerprint density at radius 3 is 2.53 bits per heavy atom. The summed E-state index contributed by atoms with van der Waals surface area (Å²) >= 11 is 0. The highest BCUT2D eigenvalue weighted by atomic mass is 19.1. The molecule has 1 aliphatic rings. The minimum absolute atomic E-state index is 0.0600. The first-order valence-corrected chi connectivity index (χ1v) is 11.6. The van der Waals surface area contributed by atoms with Gasteiger partial charge in [0.1, 0.15) is 11.6 Å². The molecule has 1 amide bonds. The summed E-state index contributed by atoms with van der Waals surface area (Å²) in [5, 5.41) is 17.1. The van der Waals surface area contributed by atoms with Gasteiger partial charge in [-0.3, -0.25) is 9.78 Å².